The van der Waals surface area contributed by atoms with Crippen LogP contribution in [0.2, 0.25) is 0 Å². The van der Waals surface area contributed by atoms with Crippen LogP contribution in [0.15, 0.2) is 24.7 Å². The molecule has 0 unspecified atom stereocenters. The van der Waals surface area contributed by atoms with Crippen molar-refractivity contribution in [1.82, 2.24) is 0 Å². The van der Waals surface area contributed by atoms with Gasteiger partial charge in [-0.2, -0.15) is 0 Å². The van der Waals surface area contributed by atoms with Gasteiger partial charge in [-0.15, -0.1) is 0 Å². The fraction of sp³-hybridized carbons (Fsp3) is 0.778. The molecule has 0 aromatic heterocycles. The summed E-state index contributed by atoms with van der Waals surface area (Å²) in [5.41, 5.74) is 0.752. The molecule has 0 bridgehead atoms. The van der Waals surface area contributed by atoms with Crippen LogP contribution < -0.4 is 0 Å². The van der Waals surface area contributed by atoms with Gasteiger partial charge in [0.2, 0.25) is 0 Å². The predicted molar refractivity (Wildman–Crippen MR) is 81.7 cm³/mol. The van der Waals surface area contributed by atoms with Crippen LogP contribution >= 0.6 is 0 Å². The van der Waals surface area contributed by atoms with E-state index in [-0.39, 0.29) is 0 Å². The Bertz CT molecular complexity index is 283. The van der Waals surface area contributed by atoms with Crippen molar-refractivity contribution < 1.29 is 4.74 Å². The normalized spacial score (nSPS) is 26.8. The summed E-state index contributed by atoms with van der Waals surface area (Å²) in [4.78, 5) is 0. The molecule has 0 radical (unpaired) electrons. The average Bonchev–Trinajstić information content (AvgIpc) is 2.40. The first-order valence-corrected chi connectivity index (χ1v) is 8.13. The van der Waals surface area contributed by atoms with E-state index in [1.54, 1.807) is 0 Å². The van der Waals surface area contributed by atoms with Gasteiger partial charge >= 0.3 is 0 Å². The quantitative estimate of drug-likeness (QED) is 0.567. The second-order valence-corrected chi connectivity index (χ2v) is 7.17. The van der Waals surface area contributed by atoms with E-state index in [0.29, 0.717) is 10.8 Å². The summed E-state index contributed by atoms with van der Waals surface area (Å²) in [7, 11) is 0. The maximum atomic E-state index is 5.61. The number of ether oxygens (including phenoxy) is 1. The first kappa shape index (κ1) is 14.7. The molecule has 0 aromatic carbocycles. The van der Waals surface area contributed by atoms with E-state index in [1.807, 2.05) is 12.5 Å². The highest BCUT2D eigenvalue weighted by Gasteiger charge is 2.24. The van der Waals surface area contributed by atoms with Gasteiger partial charge in [0.05, 0.1) is 12.5 Å². The molecule has 2 aliphatic carbocycles. The maximum Gasteiger partial charge on any atom is 0.0866 e. The third-order valence-corrected chi connectivity index (χ3v) is 5.09. The van der Waals surface area contributed by atoms with Crippen LogP contribution in [0.25, 0.3) is 0 Å². The van der Waals surface area contributed by atoms with Crippen molar-refractivity contribution in [3.05, 3.63) is 24.7 Å². The molecular formula is C18H30O. The van der Waals surface area contributed by atoms with Crippen LogP contribution in [0.3, 0.4) is 0 Å². The van der Waals surface area contributed by atoms with Gasteiger partial charge < -0.3 is 4.74 Å². The van der Waals surface area contributed by atoms with E-state index in [4.69, 9.17) is 4.74 Å². The fourth-order valence-corrected chi connectivity index (χ4v) is 3.50. The standard InChI is InChI=1S/C18H30O/c1-17(9-5-3-6-10-17)13-15-19-16-14-18(2)11-7-4-8-12-18/h13-16H,3-12H2,1-2H3. The summed E-state index contributed by atoms with van der Waals surface area (Å²) in [6, 6.07) is 0. The number of hydrogen-bond acceptors (Lipinski definition) is 1. The summed E-state index contributed by atoms with van der Waals surface area (Å²) in [6.45, 7) is 4.72. The van der Waals surface area contributed by atoms with Crippen molar-refractivity contribution in [3.8, 4) is 0 Å². The zero-order valence-electron chi connectivity index (χ0n) is 12.8. The number of rotatable bonds is 4. The first-order chi connectivity index (χ1) is 9.12. The minimum absolute atomic E-state index is 0.376. The van der Waals surface area contributed by atoms with Gasteiger partial charge in [-0.1, -0.05) is 52.4 Å². The van der Waals surface area contributed by atoms with Crippen LogP contribution in [0.5, 0.6) is 0 Å². The third-order valence-electron chi connectivity index (χ3n) is 5.09. The molecule has 0 N–H and O–H groups in total. The summed E-state index contributed by atoms with van der Waals surface area (Å²) in [5.74, 6) is 0. The van der Waals surface area contributed by atoms with E-state index in [9.17, 15) is 0 Å². The SMILES string of the molecule is CC1(C=COC=CC2(C)CCCCC2)CCCCC1. The molecule has 0 atom stereocenters. The predicted octanol–water partition coefficient (Wildman–Crippen LogP) is 5.97. The summed E-state index contributed by atoms with van der Waals surface area (Å²) >= 11 is 0. The van der Waals surface area contributed by atoms with E-state index in [0.717, 1.165) is 0 Å². The molecule has 2 aliphatic rings. The van der Waals surface area contributed by atoms with Gasteiger partial charge in [0, 0.05) is 0 Å². The van der Waals surface area contributed by atoms with E-state index in [2.05, 4.69) is 26.0 Å². The zero-order valence-corrected chi connectivity index (χ0v) is 12.8. The summed E-state index contributed by atoms with van der Waals surface area (Å²) < 4.78 is 5.61. The van der Waals surface area contributed by atoms with E-state index in [1.165, 1.54) is 64.2 Å². The lowest BCUT2D eigenvalue weighted by Gasteiger charge is -2.30. The molecule has 0 heterocycles. The maximum absolute atomic E-state index is 5.61. The molecule has 108 valence electrons. The molecule has 1 heteroatoms. The van der Waals surface area contributed by atoms with Crippen molar-refractivity contribution in [2.75, 3.05) is 0 Å². The molecule has 0 spiro atoms. The van der Waals surface area contributed by atoms with E-state index >= 15 is 0 Å². The Morgan fingerprint density at radius 1 is 0.632 bits per heavy atom. The highest BCUT2D eigenvalue weighted by atomic mass is 16.5. The Kier molecular flexibility index (Phi) is 5.13. The Labute approximate surface area is 119 Å². The molecule has 0 amide bonds. The molecule has 2 rings (SSSR count). The van der Waals surface area contributed by atoms with Crippen LogP contribution in [0.4, 0.5) is 0 Å². The van der Waals surface area contributed by atoms with Crippen molar-refractivity contribution in [2.24, 2.45) is 10.8 Å². The second-order valence-electron chi connectivity index (χ2n) is 7.17. The van der Waals surface area contributed by atoms with Gasteiger partial charge in [-0.3, -0.25) is 0 Å². The summed E-state index contributed by atoms with van der Waals surface area (Å²) in [5, 5.41) is 0. The minimum Gasteiger partial charge on any atom is -0.473 e. The Balaban J connectivity index is 1.75. The lowest BCUT2D eigenvalue weighted by Crippen LogP contribution is -2.17. The third kappa shape index (κ3) is 4.71. The monoisotopic (exact) mass is 262 g/mol. The molecule has 0 aliphatic heterocycles. The van der Waals surface area contributed by atoms with Crippen molar-refractivity contribution in [3.63, 3.8) is 0 Å². The Hall–Kier alpha value is -0.720. The highest BCUT2D eigenvalue weighted by Crippen LogP contribution is 2.38. The highest BCUT2D eigenvalue weighted by molar-refractivity contribution is 4.99. The number of hydrogen-bond donors (Lipinski definition) is 0. The lowest BCUT2D eigenvalue weighted by molar-refractivity contribution is 0.267. The molecule has 2 saturated carbocycles. The molecular weight excluding hydrogens is 232 g/mol. The van der Waals surface area contributed by atoms with Gasteiger partial charge in [0.15, 0.2) is 0 Å². The van der Waals surface area contributed by atoms with Crippen LogP contribution in [0, 0.1) is 10.8 Å². The summed E-state index contributed by atoms with van der Waals surface area (Å²) in [6.07, 6.45) is 21.9. The smallest absolute Gasteiger partial charge is 0.0866 e. The van der Waals surface area contributed by atoms with Gasteiger partial charge in [0.25, 0.3) is 0 Å². The largest absolute Gasteiger partial charge is 0.473 e. The van der Waals surface area contributed by atoms with Crippen LogP contribution in [0.1, 0.15) is 78.1 Å². The van der Waals surface area contributed by atoms with Crippen molar-refractivity contribution in [2.45, 2.75) is 78.1 Å². The van der Waals surface area contributed by atoms with Crippen LogP contribution in [-0.4, -0.2) is 0 Å². The zero-order chi connectivity index (χ0) is 13.6. The molecule has 0 saturated heterocycles. The van der Waals surface area contributed by atoms with Crippen molar-refractivity contribution >= 4 is 0 Å². The van der Waals surface area contributed by atoms with Gasteiger partial charge in [-0.25, -0.2) is 0 Å². The van der Waals surface area contributed by atoms with Gasteiger partial charge in [0.1, 0.15) is 0 Å². The van der Waals surface area contributed by atoms with Crippen molar-refractivity contribution in [1.29, 1.82) is 0 Å². The fourth-order valence-electron chi connectivity index (χ4n) is 3.50. The minimum atomic E-state index is 0.376. The first-order valence-electron chi connectivity index (χ1n) is 8.13. The van der Waals surface area contributed by atoms with E-state index < -0.39 is 0 Å². The molecule has 2 fully saturated rings. The Morgan fingerprint density at radius 3 is 1.37 bits per heavy atom. The average molecular weight is 262 g/mol. The topological polar surface area (TPSA) is 9.23 Å². The lowest BCUT2D eigenvalue weighted by atomic mass is 9.76. The molecule has 1 nitrogen and oxygen atoms in total. The number of allylic oxidation sites excluding steroid dienone is 2. The Morgan fingerprint density at radius 2 is 1.00 bits per heavy atom. The second kappa shape index (κ2) is 6.63. The van der Waals surface area contributed by atoms with Gasteiger partial charge in [-0.05, 0) is 48.7 Å². The molecule has 19 heavy (non-hydrogen) atoms. The molecule has 0 aromatic rings. The van der Waals surface area contributed by atoms with Crippen LogP contribution in [-0.2, 0) is 4.74 Å².